The summed E-state index contributed by atoms with van der Waals surface area (Å²) in [5.74, 6) is -0.174. The molecule has 0 bridgehead atoms. The highest BCUT2D eigenvalue weighted by molar-refractivity contribution is 6.12. The highest BCUT2D eigenvalue weighted by Crippen LogP contribution is 2.13. The summed E-state index contributed by atoms with van der Waals surface area (Å²) < 4.78 is 5.09. The van der Waals surface area contributed by atoms with Crippen LogP contribution in [-0.2, 0) is 6.42 Å². The molecule has 1 aromatic carbocycles. The van der Waals surface area contributed by atoms with Gasteiger partial charge in [-0.25, -0.2) is 9.69 Å². The van der Waals surface area contributed by atoms with Crippen LogP contribution in [0.5, 0.6) is 0 Å². The molecule has 2 rings (SSSR count). The SMILES string of the molecule is N=C(N)N(C(=O)NCCc1ccccc1)c1ccco1. The van der Waals surface area contributed by atoms with Gasteiger partial charge in [0.05, 0.1) is 6.26 Å². The number of nitrogens with two attached hydrogens (primary N) is 1. The number of urea groups is 1. The lowest BCUT2D eigenvalue weighted by molar-refractivity contribution is 0.248. The number of anilines is 1. The number of hydrogen-bond acceptors (Lipinski definition) is 3. The van der Waals surface area contributed by atoms with E-state index >= 15 is 0 Å². The predicted molar refractivity (Wildman–Crippen MR) is 76.6 cm³/mol. The van der Waals surface area contributed by atoms with Crippen LogP contribution in [0.3, 0.4) is 0 Å². The van der Waals surface area contributed by atoms with Gasteiger partial charge < -0.3 is 15.5 Å². The Labute approximate surface area is 116 Å². The molecule has 0 aliphatic heterocycles. The first-order chi connectivity index (χ1) is 9.68. The van der Waals surface area contributed by atoms with Crippen LogP contribution in [-0.4, -0.2) is 18.5 Å². The van der Waals surface area contributed by atoms with E-state index in [0.29, 0.717) is 13.0 Å². The second kappa shape index (κ2) is 6.42. The number of nitrogens with one attached hydrogen (secondary N) is 2. The molecule has 1 heterocycles. The molecule has 2 amide bonds. The van der Waals surface area contributed by atoms with E-state index < -0.39 is 12.0 Å². The van der Waals surface area contributed by atoms with Crippen LogP contribution in [0, 0.1) is 5.41 Å². The Hall–Kier alpha value is -2.76. The summed E-state index contributed by atoms with van der Waals surface area (Å²) in [5.41, 5.74) is 6.53. The Morgan fingerprint density at radius 3 is 2.60 bits per heavy atom. The molecule has 6 nitrogen and oxygen atoms in total. The first-order valence-electron chi connectivity index (χ1n) is 6.18. The van der Waals surface area contributed by atoms with Gasteiger partial charge in [-0.2, -0.15) is 0 Å². The van der Waals surface area contributed by atoms with Crippen molar-refractivity contribution in [1.82, 2.24) is 5.32 Å². The molecule has 0 radical (unpaired) electrons. The summed E-state index contributed by atoms with van der Waals surface area (Å²) in [6.45, 7) is 0.452. The van der Waals surface area contributed by atoms with Crippen molar-refractivity contribution in [3.05, 3.63) is 54.3 Å². The van der Waals surface area contributed by atoms with Gasteiger partial charge in [0.25, 0.3) is 0 Å². The molecule has 0 saturated heterocycles. The van der Waals surface area contributed by atoms with Gasteiger partial charge in [-0.05, 0) is 18.1 Å². The fourth-order valence-corrected chi connectivity index (χ4v) is 1.76. The number of rotatable bonds is 4. The van der Waals surface area contributed by atoms with Crippen LogP contribution < -0.4 is 16.0 Å². The zero-order valence-corrected chi connectivity index (χ0v) is 10.9. The molecule has 0 atom stereocenters. The maximum atomic E-state index is 12.0. The topological polar surface area (TPSA) is 95.4 Å². The van der Waals surface area contributed by atoms with Crippen molar-refractivity contribution in [2.24, 2.45) is 5.73 Å². The zero-order chi connectivity index (χ0) is 14.4. The van der Waals surface area contributed by atoms with Crippen molar-refractivity contribution < 1.29 is 9.21 Å². The van der Waals surface area contributed by atoms with Crippen LogP contribution in [0.2, 0.25) is 0 Å². The van der Waals surface area contributed by atoms with Crippen molar-refractivity contribution >= 4 is 17.9 Å². The summed E-state index contributed by atoms with van der Waals surface area (Å²) in [5, 5.41) is 10.1. The second-order valence-corrected chi connectivity index (χ2v) is 4.14. The molecular formula is C14H16N4O2. The predicted octanol–water partition coefficient (Wildman–Crippen LogP) is 1.93. The number of amides is 2. The molecule has 0 spiro atoms. The van der Waals surface area contributed by atoms with Crippen LogP contribution in [0.15, 0.2) is 53.1 Å². The Kier molecular flexibility index (Phi) is 4.39. The number of carbonyl (C=O) groups excluding carboxylic acids is 1. The van der Waals surface area contributed by atoms with Crippen molar-refractivity contribution in [1.29, 1.82) is 5.41 Å². The Bertz CT molecular complexity index is 566. The fourth-order valence-electron chi connectivity index (χ4n) is 1.76. The van der Waals surface area contributed by atoms with Crippen molar-refractivity contribution in [2.75, 3.05) is 11.4 Å². The van der Waals surface area contributed by atoms with E-state index in [9.17, 15) is 4.79 Å². The third kappa shape index (κ3) is 3.38. The normalized spacial score (nSPS) is 10.0. The molecule has 0 saturated carbocycles. The van der Waals surface area contributed by atoms with Crippen LogP contribution >= 0.6 is 0 Å². The lowest BCUT2D eigenvalue weighted by Crippen LogP contribution is -2.47. The van der Waals surface area contributed by atoms with Gasteiger partial charge in [-0.3, -0.25) is 5.41 Å². The molecule has 0 aliphatic rings. The Morgan fingerprint density at radius 1 is 1.25 bits per heavy atom. The van der Waals surface area contributed by atoms with Gasteiger partial charge in [0.1, 0.15) is 0 Å². The van der Waals surface area contributed by atoms with Gasteiger partial charge in [0.2, 0.25) is 11.8 Å². The Balaban J connectivity index is 1.91. The van der Waals surface area contributed by atoms with E-state index in [1.54, 1.807) is 12.1 Å². The third-order valence-electron chi connectivity index (χ3n) is 2.70. The standard InChI is InChI=1S/C14H16N4O2/c15-13(16)18(12-7-4-10-20-12)14(19)17-9-8-11-5-2-1-3-6-11/h1-7,10H,8-9H2,(H3,15,16)(H,17,19). The zero-order valence-electron chi connectivity index (χ0n) is 10.9. The smallest absolute Gasteiger partial charge is 0.331 e. The van der Waals surface area contributed by atoms with E-state index in [2.05, 4.69) is 5.32 Å². The number of benzene rings is 1. The van der Waals surface area contributed by atoms with Gasteiger partial charge in [-0.15, -0.1) is 0 Å². The average molecular weight is 272 g/mol. The number of guanidine groups is 1. The van der Waals surface area contributed by atoms with Crippen LogP contribution in [0.4, 0.5) is 10.7 Å². The minimum atomic E-state index is -0.483. The van der Waals surface area contributed by atoms with Crippen molar-refractivity contribution in [2.45, 2.75) is 6.42 Å². The maximum absolute atomic E-state index is 12.0. The third-order valence-corrected chi connectivity index (χ3v) is 2.70. The first kappa shape index (κ1) is 13.7. The van der Waals surface area contributed by atoms with Gasteiger partial charge >= 0.3 is 6.03 Å². The van der Waals surface area contributed by atoms with Gasteiger partial charge in [0, 0.05) is 12.6 Å². The molecule has 4 N–H and O–H groups in total. The quantitative estimate of drug-likeness (QED) is 0.586. The number of hydrogen-bond donors (Lipinski definition) is 3. The summed E-state index contributed by atoms with van der Waals surface area (Å²) in [4.78, 5) is 13.0. The van der Waals surface area contributed by atoms with E-state index in [0.717, 1.165) is 10.5 Å². The van der Waals surface area contributed by atoms with Crippen molar-refractivity contribution in [3.63, 3.8) is 0 Å². The lowest BCUT2D eigenvalue weighted by Gasteiger charge is -2.18. The Morgan fingerprint density at radius 2 is 2.00 bits per heavy atom. The molecule has 104 valence electrons. The highest BCUT2D eigenvalue weighted by atomic mass is 16.3. The summed E-state index contributed by atoms with van der Waals surface area (Å²) >= 11 is 0. The summed E-state index contributed by atoms with van der Waals surface area (Å²) in [6, 6.07) is 12.5. The fraction of sp³-hybridized carbons (Fsp3) is 0.143. The average Bonchev–Trinajstić information content (AvgIpc) is 2.93. The monoisotopic (exact) mass is 272 g/mol. The molecule has 1 aromatic heterocycles. The van der Waals surface area contributed by atoms with Crippen molar-refractivity contribution in [3.8, 4) is 0 Å². The second-order valence-electron chi connectivity index (χ2n) is 4.14. The molecule has 0 fully saturated rings. The highest BCUT2D eigenvalue weighted by Gasteiger charge is 2.20. The van der Waals surface area contributed by atoms with Gasteiger partial charge in [-0.1, -0.05) is 30.3 Å². The minimum absolute atomic E-state index is 0.217. The van der Waals surface area contributed by atoms with Crippen LogP contribution in [0.25, 0.3) is 0 Å². The summed E-state index contributed by atoms with van der Waals surface area (Å²) in [6.07, 6.45) is 2.12. The van der Waals surface area contributed by atoms with E-state index in [1.165, 1.54) is 6.26 Å². The number of carbonyl (C=O) groups is 1. The van der Waals surface area contributed by atoms with Crippen LogP contribution in [0.1, 0.15) is 5.56 Å². The molecule has 0 aliphatic carbocycles. The van der Waals surface area contributed by atoms with E-state index in [1.807, 2.05) is 30.3 Å². The lowest BCUT2D eigenvalue weighted by atomic mass is 10.1. The number of furan rings is 1. The largest absolute Gasteiger partial charge is 0.448 e. The first-order valence-corrected chi connectivity index (χ1v) is 6.18. The molecule has 2 aromatic rings. The van der Waals surface area contributed by atoms with E-state index in [4.69, 9.17) is 15.6 Å². The molecule has 6 heteroatoms. The number of nitrogens with zero attached hydrogens (tertiary/aromatic N) is 1. The minimum Gasteiger partial charge on any atom is -0.448 e. The molecule has 0 unspecified atom stereocenters. The maximum Gasteiger partial charge on any atom is 0.331 e. The summed E-state index contributed by atoms with van der Waals surface area (Å²) in [7, 11) is 0. The molecule has 20 heavy (non-hydrogen) atoms. The molecular weight excluding hydrogens is 256 g/mol. The van der Waals surface area contributed by atoms with Gasteiger partial charge in [0.15, 0.2) is 0 Å². The van der Waals surface area contributed by atoms with E-state index in [-0.39, 0.29) is 5.88 Å².